The Morgan fingerprint density at radius 3 is 3.15 bits per heavy atom. The Bertz CT molecular complexity index is 344. The van der Waals surface area contributed by atoms with E-state index in [1.165, 1.54) is 0 Å². The van der Waals surface area contributed by atoms with Crippen molar-refractivity contribution in [3.05, 3.63) is 36.4 Å². The number of thioether (sulfide) groups is 1. The second-order valence-electron chi connectivity index (χ2n) is 2.85. The molecule has 2 rings (SSSR count). The van der Waals surface area contributed by atoms with Crippen LogP contribution in [0.5, 0.6) is 0 Å². The van der Waals surface area contributed by atoms with Crippen LogP contribution in [0.1, 0.15) is 0 Å². The van der Waals surface area contributed by atoms with Gasteiger partial charge in [-0.25, -0.2) is 4.99 Å². The highest BCUT2D eigenvalue weighted by Gasteiger charge is 2.27. The van der Waals surface area contributed by atoms with Crippen LogP contribution in [0.25, 0.3) is 0 Å². The minimum absolute atomic E-state index is 0.0321. The Kier molecular flexibility index (Phi) is 1.92. The quantitative estimate of drug-likeness (QED) is 0.647. The molecule has 0 bridgehead atoms. The number of aliphatic hydroxyl groups excluding tert-OH is 1. The van der Waals surface area contributed by atoms with Crippen molar-refractivity contribution in [1.29, 1.82) is 0 Å². The fourth-order valence-electron chi connectivity index (χ4n) is 1.34. The van der Waals surface area contributed by atoms with Gasteiger partial charge in [0.2, 0.25) is 0 Å². The van der Waals surface area contributed by atoms with Gasteiger partial charge in [0.05, 0.1) is 5.57 Å². The van der Waals surface area contributed by atoms with Crippen LogP contribution >= 0.6 is 11.8 Å². The molecule has 0 unspecified atom stereocenters. The first-order valence-electron chi connectivity index (χ1n) is 3.96. The highest BCUT2D eigenvalue weighted by atomic mass is 32.2. The summed E-state index contributed by atoms with van der Waals surface area (Å²) < 4.78 is 0. The number of fused-ring (bicyclic) bond motifs is 1. The summed E-state index contributed by atoms with van der Waals surface area (Å²) in [5.74, 6) is 1.06. The Morgan fingerprint density at radius 2 is 2.46 bits per heavy atom. The second-order valence-corrected chi connectivity index (χ2v) is 3.91. The first-order valence-corrected chi connectivity index (χ1v) is 4.94. The number of hydrogen-bond acceptors (Lipinski definition) is 4. The third-order valence-electron chi connectivity index (χ3n) is 2.03. The van der Waals surface area contributed by atoms with Crippen molar-refractivity contribution in [3.8, 4) is 0 Å². The van der Waals surface area contributed by atoms with Crippen LogP contribution in [0.15, 0.2) is 41.4 Å². The van der Waals surface area contributed by atoms with Gasteiger partial charge in [-0.3, -0.25) is 0 Å². The molecule has 0 spiro atoms. The zero-order valence-electron chi connectivity index (χ0n) is 7.16. The van der Waals surface area contributed by atoms with Crippen molar-refractivity contribution >= 4 is 16.9 Å². The highest BCUT2D eigenvalue weighted by molar-refractivity contribution is 8.14. The molecule has 1 N–H and O–H groups in total. The topological polar surface area (TPSA) is 35.8 Å². The molecule has 1 saturated heterocycles. The predicted octanol–water partition coefficient (Wildman–Crippen LogP) is 1.87. The van der Waals surface area contributed by atoms with Crippen molar-refractivity contribution in [2.75, 3.05) is 12.3 Å². The van der Waals surface area contributed by atoms with Crippen LogP contribution in [-0.4, -0.2) is 27.5 Å². The van der Waals surface area contributed by atoms with E-state index in [0.717, 1.165) is 23.2 Å². The maximum absolute atomic E-state index is 9.24. The van der Waals surface area contributed by atoms with E-state index in [4.69, 9.17) is 0 Å². The van der Waals surface area contributed by atoms with Gasteiger partial charge in [-0.15, -0.1) is 0 Å². The monoisotopic (exact) mass is 194 g/mol. The molecular formula is C9H10N2OS. The minimum atomic E-state index is 0.0321. The van der Waals surface area contributed by atoms with E-state index in [9.17, 15) is 5.11 Å². The Hall–Kier alpha value is -1.16. The van der Waals surface area contributed by atoms with Crippen LogP contribution in [0.2, 0.25) is 0 Å². The molecule has 4 heteroatoms. The first-order chi connectivity index (χ1) is 6.20. The lowest BCUT2D eigenvalue weighted by molar-refractivity contribution is 0.419. The molecule has 68 valence electrons. The van der Waals surface area contributed by atoms with Crippen molar-refractivity contribution in [2.45, 2.75) is 0 Å². The van der Waals surface area contributed by atoms with Crippen molar-refractivity contribution in [2.24, 2.45) is 4.99 Å². The average Bonchev–Trinajstić information content (AvgIpc) is 2.52. The SMILES string of the molecule is C=C(O)C1=CN=C2SCCN2C1=C. The Morgan fingerprint density at radius 1 is 1.69 bits per heavy atom. The third kappa shape index (κ3) is 1.27. The van der Waals surface area contributed by atoms with E-state index in [1.807, 2.05) is 4.90 Å². The largest absolute Gasteiger partial charge is 0.508 e. The van der Waals surface area contributed by atoms with E-state index < -0.39 is 0 Å². The van der Waals surface area contributed by atoms with Gasteiger partial charge in [0, 0.05) is 24.2 Å². The second kappa shape index (κ2) is 2.96. The molecule has 2 aliphatic rings. The maximum atomic E-state index is 9.24. The fraction of sp³-hybridized carbons (Fsp3) is 0.222. The summed E-state index contributed by atoms with van der Waals surface area (Å²) in [4.78, 5) is 6.21. The van der Waals surface area contributed by atoms with Crippen LogP contribution in [0, 0.1) is 0 Å². The van der Waals surface area contributed by atoms with Crippen molar-refractivity contribution in [1.82, 2.24) is 4.90 Å². The lowest BCUT2D eigenvalue weighted by atomic mass is 10.1. The molecule has 0 aromatic rings. The normalized spacial score (nSPS) is 20.9. The van der Waals surface area contributed by atoms with Gasteiger partial charge in [-0.05, 0) is 0 Å². The first kappa shape index (κ1) is 8.44. The van der Waals surface area contributed by atoms with Crippen LogP contribution in [0.4, 0.5) is 0 Å². The van der Waals surface area contributed by atoms with Gasteiger partial charge in [0.15, 0.2) is 5.17 Å². The fourth-order valence-corrected chi connectivity index (χ4v) is 2.28. The van der Waals surface area contributed by atoms with Crippen molar-refractivity contribution in [3.63, 3.8) is 0 Å². The van der Waals surface area contributed by atoms with Crippen LogP contribution < -0.4 is 0 Å². The molecule has 0 amide bonds. The van der Waals surface area contributed by atoms with Gasteiger partial charge in [-0.1, -0.05) is 24.9 Å². The van der Waals surface area contributed by atoms with Crippen LogP contribution in [-0.2, 0) is 0 Å². The molecule has 1 fully saturated rings. The molecular weight excluding hydrogens is 184 g/mol. The number of aliphatic imine (C=N–C) groups is 1. The van der Waals surface area contributed by atoms with E-state index in [2.05, 4.69) is 18.2 Å². The summed E-state index contributed by atoms with van der Waals surface area (Å²) in [5, 5.41) is 10.2. The summed E-state index contributed by atoms with van der Waals surface area (Å²) >= 11 is 1.70. The molecule has 0 atom stereocenters. The molecule has 0 radical (unpaired) electrons. The maximum Gasteiger partial charge on any atom is 0.168 e. The Labute approximate surface area is 81.2 Å². The molecule has 0 aromatic heterocycles. The van der Waals surface area contributed by atoms with Gasteiger partial charge < -0.3 is 10.0 Å². The predicted molar refractivity (Wildman–Crippen MR) is 55.6 cm³/mol. The third-order valence-corrected chi connectivity index (χ3v) is 3.00. The van der Waals surface area contributed by atoms with E-state index in [1.54, 1.807) is 18.0 Å². The lowest BCUT2D eigenvalue weighted by Gasteiger charge is -2.24. The summed E-state index contributed by atoms with van der Waals surface area (Å²) in [5.41, 5.74) is 1.42. The summed E-state index contributed by atoms with van der Waals surface area (Å²) in [7, 11) is 0. The lowest BCUT2D eigenvalue weighted by Crippen LogP contribution is -2.26. The molecule has 0 saturated carbocycles. The zero-order chi connectivity index (χ0) is 9.42. The smallest absolute Gasteiger partial charge is 0.168 e. The van der Waals surface area contributed by atoms with E-state index >= 15 is 0 Å². The van der Waals surface area contributed by atoms with E-state index in [0.29, 0.717) is 5.57 Å². The molecule has 13 heavy (non-hydrogen) atoms. The number of nitrogens with zero attached hydrogens (tertiary/aromatic N) is 2. The standard InChI is InChI=1S/C9H10N2OS/c1-6-8(7(2)12)5-10-9-11(6)3-4-13-9/h5,12H,1-4H2. The van der Waals surface area contributed by atoms with Gasteiger partial charge in [0.1, 0.15) is 5.76 Å². The number of hydrogen-bond donors (Lipinski definition) is 1. The molecule has 3 nitrogen and oxygen atoms in total. The van der Waals surface area contributed by atoms with Gasteiger partial charge in [-0.2, -0.15) is 0 Å². The number of amidine groups is 1. The molecule has 0 aliphatic carbocycles. The molecule has 2 heterocycles. The number of aliphatic hydroxyl groups is 1. The molecule has 2 aliphatic heterocycles. The summed E-state index contributed by atoms with van der Waals surface area (Å²) in [6.45, 7) is 8.28. The Balaban J connectivity index is 2.36. The zero-order valence-corrected chi connectivity index (χ0v) is 7.97. The average molecular weight is 194 g/mol. The number of rotatable bonds is 1. The van der Waals surface area contributed by atoms with Crippen molar-refractivity contribution < 1.29 is 5.11 Å². The van der Waals surface area contributed by atoms with Crippen LogP contribution in [0.3, 0.4) is 0 Å². The summed E-state index contributed by atoms with van der Waals surface area (Å²) in [6, 6.07) is 0. The van der Waals surface area contributed by atoms with E-state index in [-0.39, 0.29) is 5.76 Å². The summed E-state index contributed by atoms with van der Waals surface area (Å²) in [6.07, 6.45) is 1.62. The van der Waals surface area contributed by atoms with Gasteiger partial charge >= 0.3 is 0 Å². The van der Waals surface area contributed by atoms with Gasteiger partial charge in [0.25, 0.3) is 0 Å². The highest BCUT2D eigenvalue weighted by Crippen LogP contribution is 2.30. The minimum Gasteiger partial charge on any atom is -0.508 e. The molecule has 0 aromatic carbocycles.